The maximum absolute atomic E-state index is 12.2. The molecule has 0 spiro atoms. The van der Waals surface area contributed by atoms with E-state index >= 15 is 0 Å². The molecule has 0 saturated heterocycles. The molecular formula is C11H6BrF3O2. The first kappa shape index (κ1) is 11.1. The van der Waals surface area contributed by atoms with Gasteiger partial charge in [-0.05, 0) is 17.7 Å². The molecule has 2 unspecified atom stereocenters. The summed E-state index contributed by atoms with van der Waals surface area (Å²) in [5.41, 5.74) is 1.20. The van der Waals surface area contributed by atoms with Crippen LogP contribution in [0, 0.1) is 0 Å². The zero-order valence-corrected chi connectivity index (χ0v) is 9.88. The molecule has 6 heteroatoms. The van der Waals surface area contributed by atoms with Crippen molar-refractivity contribution >= 4 is 15.9 Å². The largest absolute Gasteiger partial charge is 0.573 e. The second-order valence-electron chi connectivity index (χ2n) is 3.80. The summed E-state index contributed by atoms with van der Waals surface area (Å²) < 4.78 is 47.1. The lowest BCUT2D eigenvalue weighted by atomic mass is 9.96. The first-order chi connectivity index (χ1) is 7.96. The van der Waals surface area contributed by atoms with E-state index in [1.54, 1.807) is 12.1 Å². The number of fused-ring (bicyclic) bond motifs is 5. The number of alkyl halides is 3. The molecule has 0 radical (unpaired) electrons. The van der Waals surface area contributed by atoms with Gasteiger partial charge in [0, 0.05) is 10.0 Å². The first-order valence-corrected chi connectivity index (χ1v) is 5.66. The highest BCUT2D eigenvalue weighted by Crippen LogP contribution is 2.54. The van der Waals surface area contributed by atoms with Crippen LogP contribution in [0.15, 0.2) is 28.8 Å². The summed E-state index contributed by atoms with van der Waals surface area (Å²) in [5.74, 6) is -0.182. The quantitative estimate of drug-likeness (QED) is 0.781. The van der Waals surface area contributed by atoms with E-state index in [9.17, 15) is 13.2 Å². The van der Waals surface area contributed by atoms with Crippen LogP contribution in [-0.2, 0) is 4.74 Å². The lowest BCUT2D eigenvalue weighted by molar-refractivity contribution is -0.275. The predicted octanol–water partition coefficient (Wildman–Crippen LogP) is 3.99. The number of benzene rings is 1. The Morgan fingerprint density at radius 3 is 2.76 bits per heavy atom. The summed E-state index contributed by atoms with van der Waals surface area (Å²) in [4.78, 5) is 0. The second kappa shape index (κ2) is 3.49. The monoisotopic (exact) mass is 306 g/mol. The second-order valence-corrected chi connectivity index (χ2v) is 4.71. The van der Waals surface area contributed by atoms with Gasteiger partial charge in [-0.2, -0.15) is 0 Å². The van der Waals surface area contributed by atoms with Crippen molar-refractivity contribution in [3.05, 3.63) is 39.9 Å². The van der Waals surface area contributed by atoms with Gasteiger partial charge in [-0.25, -0.2) is 0 Å². The lowest BCUT2D eigenvalue weighted by Gasteiger charge is -2.16. The molecule has 17 heavy (non-hydrogen) atoms. The van der Waals surface area contributed by atoms with Gasteiger partial charge >= 0.3 is 6.36 Å². The molecule has 0 saturated carbocycles. The Labute approximate surface area is 103 Å². The molecule has 1 aromatic carbocycles. The molecule has 0 N–H and O–H groups in total. The normalized spacial score (nSPS) is 25.8. The standard InChI is InChI=1S/C11H6BrF3O2/c12-6-4-8-9-5(10(6)16-8)2-1-3-7(9)17-11(13,14)15/h1-4,8,10H. The fraction of sp³-hybridized carbons (Fsp3) is 0.273. The summed E-state index contributed by atoms with van der Waals surface area (Å²) >= 11 is 3.32. The third kappa shape index (κ3) is 1.75. The van der Waals surface area contributed by atoms with Crippen molar-refractivity contribution < 1.29 is 22.6 Å². The van der Waals surface area contributed by atoms with Gasteiger partial charge in [0.2, 0.25) is 0 Å². The molecule has 2 aliphatic rings. The number of hydrogen-bond donors (Lipinski definition) is 0. The van der Waals surface area contributed by atoms with E-state index < -0.39 is 12.5 Å². The van der Waals surface area contributed by atoms with Crippen molar-refractivity contribution in [3.63, 3.8) is 0 Å². The Bertz CT molecular complexity index is 510. The van der Waals surface area contributed by atoms with Gasteiger partial charge in [-0.1, -0.05) is 28.1 Å². The third-order valence-corrected chi connectivity index (χ3v) is 3.42. The maximum atomic E-state index is 12.2. The highest BCUT2D eigenvalue weighted by molar-refractivity contribution is 9.11. The van der Waals surface area contributed by atoms with E-state index in [2.05, 4.69) is 20.7 Å². The van der Waals surface area contributed by atoms with Crippen LogP contribution < -0.4 is 4.74 Å². The maximum Gasteiger partial charge on any atom is 0.573 e. The van der Waals surface area contributed by atoms with Crippen LogP contribution in [0.1, 0.15) is 23.3 Å². The Morgan fingerprint density at radius 2 is 2.06 bits per heavy atom. The lowest BCUT2D eigenvalue weighted by Crippen LogP contribution is -2.18. The number of hydrogen-bond acceptors (Lipinski definition) is 2. The fourth-order valence-electron chi connectivity index (χ4n) is 2.16. The predicted molar refractivity (Wildman–Crippen MR) is 56.7 cm³/mol. The zero-order chi connectivity index (χ0) is 12.2. The highest BCUT2D eigenvalue weighted by Gasteiger charge is 2.42. The molecule has 2 heterocycles. The van der Waals surface area contributed by atoms with E-state index in [0.29, 0.717) is 5.56 Å². The van der Waals surface area contributed by atoms with Gasteiger partial charge in [-0.3, -0.25) is 0 Å². The van der Waals surface area contributed by atoms with Crippen LogP contribution in [0.25, 0.3) is 0 Å². The fourth-order valence-corrected chi connectivity index (χ4v) is 2.76. The van der Waals surface area contributed by atoms with Crippen LogP contribution in [-0.4, -0.2) is 6.36 Å². The topological polar surface area (TPSA) is 18.5 Å². The summed E-state index contributed by atoms with van der Waals surface area (Å²) in [6, 6.07) is 4.58. The van der Waals surface area contributed by atoms with Crippen molar-refractivity contribution in [1.29, 1.82) is 0 Å². The Hall–Kier alpha value is -1.01. The molecule has 2 atom stereocenters. The Morgan fingerprint density at radius 1 is 1.29 bits per heavy atom. The van der Waals surface area contributed by atoms with Crippen molar-refractivity contribution in [2.45, 2.75) is 18.6 Å². The number of rotatable bonds is 1. The van der Waals surface area contributed by atoms with Gasteiger partial charge in [0.25, 0.3) is 0 Å². The molecule has 0 aliphatic carbocycles. The van der Waals surface area contributed by atoms with Gasteiger partial charge in [0.05, 0.1) is 0 Å². The molecule has 0 amide bonds. The van der Waals surface area contributed by atoms with E-state index in [0.717, 1.165) is 10.0 Å². The zero-order valence-electron chi connectivity index (χ0n) is 8.29. The minimum absolute atomic E-state index is 0.182. The average Bonchev–Trinajstić information content (AvgIpc) is 2.72. The average molecular weight is 307 g/mol. The molecule has 2 aliphatic heterocycles. The smallest absolute Gasteiger partial charge is 0.405 e. The third-order valence-electron chi connectivity index (χ3n) is 2.74. The summed E-state index contributed by atoms with van der Waals surface area (Å²) in [7, 11) is 0. The van der Waals surface area contributed by atoms with Gasteiger partial charge in [0.15, 0.2) is 0 Å². The van der Waals surface area contributed by atoms with Gasteiger partial charge in [-0.15, -0.1) is 13.2 Å². The van der Waals surface area contributed by atoms with Crippen LogP contribution in [0.3, 0.4) is 0 Å². The molecule has 1 aromatic rings. The molecular weight excluding hydrogens is 301 g/mol. The summed E-state index contributed by atoms with van der Waals surface area (Å²) in [5, 5.41) is 0. The molecule has 2 bridgehead atoms. The van der Waals surface area contributed by atoms with Gasteiger partial charge < -0.3 is 9.47 Å². The van der Waals surface area contributed by atoms with Crippen molar-refractivity contribution in [3.8, 4) is 5.75 Å². The van der Waals surface area contributed by atoms with Crippen molar-refractivity contribution in [2.75, 3.05) is 0 Å². The molecule has 2 nitrogen and oxygen atoms in total. The van der Waals surface area contributed by atoms with E-state index in [1.165, 1.54) is 12.1 Å². The van der Waals surface area contributed by atoms with Crippen LogP contribution in [0.2, 0.25) is 0 Å². The molecule has 0 fully saturated rings. The molecule has 90 valence electrons. The molecule has 3 rings (SSSR count). The van der Waals surface area contributed by atoms with Crippen molar-refractivity contribution in [2.24, 2.45) is 0 Å². The first-order valence-electron chi connectivity index (χ1n) is 4.87. The van der Waals surface area contributed by atoms with Crippen LogP contribution in [0.4, 0.5) is 13.2 Å². The van der Waals surface area contributed by atoms with Crippen molar-refractivity contribution in [1.82, 2.24) is 0 Å². The minimum atomic E-state index is -4.68. The van der Waals surface area contributed by atoms with Crippen LogP contribution in [0.5, 0.6) is 5.75 Å². The van der Waals surface area contributed by atoms with E-state index in [-0.39, 0.29) is 11.9 Å². The summed E-state index contributed by atoms with van der Waals surface area (Å²) in [6.07, 6.45) is -3.69. The number of halogens is 4. The number of ether oxygens (including phenoxy) is 2. The Balaban J connectivity index is 2.04. The van der Waals surface area contributed by atoms with Gasteiger partial charge in [0.1, 0.15) is 18.0 Å². The Kier molecular flexibility index (Phi) is 2.28. The van der Waals surface area contributed by atoms with E-state index in [4.69, 9.17) is 4.74 Å². The summed E-state index contributed by atoms with van der Waals surface area (Å²) in [6.45, 7) is 0. The minimum Gasteiger partial charge on any atom is -0.405 e. The van der Waals surface area contributed by atoms with Crippen LogP contribution >= 0.6 is 15.9 Å². The highest BCUT2D eigenvalue weighted by atomic mass is 79.9. The molecule has 0 aromatic heterocycles. The van der Waals surface area contributed by atoms with E-state index in [1.807, 2.05) is 0 Å². The SMILES string of the molecule is FC(F)(F)Oc1cccc2c1C1C=C(Br)C2O1.